The topological polar surface area (TPSA) is 81.7 Å². The molecular weight excluding hydrogens is 531 g/mol. The van der Waals surface area contributed by atoms with Crippen LogP contribution in [0.3, 0.4) is 0 Å². The second-order valence-corrected chi connectivity index (χ2v) is 11.0. The molecule has 0 atom stereocenters. The molecule has 0 saturated carbocycles. The monoisotopic (exact) mass is 554 g/mol. The van der Waals surface area contributed by atoms with Crippen LogP contribution in [0.15, 0.2) is 47.6 Å². The molecule has 0 radical (unpaired) electrons. The third kappa shape index (κ3) is 4.88. The summed E-state index contributed by atoms with van der Waals surface area (Å²) < 4.78 is 0. The standard InChI is InChI=1S/C26H24Cl2N6O2S/c27-20-3-1-4-21(28)23(20)34-15-37-24-19(25(34)36)12-29-26(31-24)30-18-6-5-17-13-32(10-7-16(17)11-18)14-22(35)33-8-2-9-33/h1,3-6,11-12H,2,7-10,13-15H2,(H,29,30,31). The Morgan fingerprint density at radius 3 is 2.65 bits per heavy atom. The molecule has 2 aromatic carbocycles. The largest absolute Gasteiger partial charge is 0.341 e. The van der Waals surface area contributed by atoms with Gasteiger partial charge in [0, 0.05) is 38.1 Å². The van der Waals surface area contributed by atoms with E-state index in [0.29, 0.717) is 44.7 Å². The summed E-state index contributed by atoms with van der Waals surface area (Å²) in [6.45, 7) is 3.90. The zero-order chi connectivity index (χ0) is 25.5. The van der Waals surface area contributed by atoms with Crippen LogP contribution in [-0.2, 0) is 17.8 Å². The maximum Gasteiger partial charge on any atom is 0.263 e. The molecule has 2 amide bonds. The van der Waals surface area contributed by atoms with E-state index in [2.05, 4.69) is 32.3 Å². The highest BCUT2D eigenvalue weighted by Crippen LogP contribution is 2.39. The maximum absolute atomic E-state index is 13.2. The zero-order valence-electron chi connectivity index (χ0n) is 19.9. The number of aromatic nitrogens is 2. The fourth-order valence-electron chi connectivity index (χ4n) is 4.74. The first-order valence-electron chi connectivity index (χ1n) is 12.1. The Morgan fingerprint density at radius 2 is 1.89 bits per heavy atom. The van der Waals surface area contributed by atoms with Gasteiger partial charge in [-0.3, -0.25) is 19.4 Å². The smallest absolute Gasteiger partial charge is 0.263 e. The number of thioether (sulfide) groups is 1. The summed E-state index contributed by atoms with van der Waals surface area (Å²) in [6, 6.07) is 11.4. The first kappa shape index (κ1) is 24.5. The van der Waals surface area contributed by atoms with E-state index in [0.717, 1.165) is 44.7 Å². The van der Waals surface area contributed by atoms with E-state index in [1.54, 1.807) is 29.3 Å². The summed E-state index contributed by atoms with van der Waals surface area (Å²) in [7, 11) is 0. The number of anilines is 3. The second-order valence-electron chi connectivity index (χ2n) is 9.29. The number of halogens is 2. The van der Waals surface area contributed by atoms with E-state index < -0.39 is 0 Å². The number of fused-ring (bicyclic) bond motifs is 2. The van der Waals surface area contributed by atoms with Gasteiger partial charge in [0.25, 0.3) is 5.91 Å². The van der Waals surface area contributed by atoms with Crippen LogP contribution in [0.4, 0.5) is 17.3 Å². The van der Waals surface area contributed by atoms with Crippen LogP contribution in [0, 0.1) is 0 Å². The Balaban J connectivity index is 1.14. The van der Waals surface area contributed by atoms with Crippen molar-refractivity contribution in [2.75, 3.05) is 42.3 Å². The number of hydrogen-bond donors (Lipinski definition) is 1. The minimum absolute atomic E-state index is 0.229. The molecule has 0 bridgehead atoms. The maximum atomic E-state index is 13.2. The molecule has 1 saturated heterocycles. The number of benzene rings is 2. The minimum atomic E-state index is -0.235. The number of hydrogen-bond acceptors (Lipinski definition) is 7. The highest BCUT2D eigenvalue weighted by molar-refractivity contribution is 7.99. The normalized spacial score (nSPS) is 17.2. The average molecular weight is 555 g/mol. The minimum Gasteiger partial charge on any atom is -0.341 e. The van der Waals surface area contributed by atoms with Crippen LogP contribution in [0.5, 0.6) is 0 Å². The molecule has 3 aliphatic heterocycles. The van der Waals surface area contributed by atoms with Gasteiger partial charge in [0.05, 0.1) is 33.7 Å². The predicted molar refractivity (Wildman–Crippen MR) is 146 cm³/mol. The van der Waals surface area contributed by atoms with E-state index in [-0.39, 0.29) is 11.8 Å². The molecular formula is C26H24Cl2N6O2S. The van der Waals surface area contributed by atoms with Crippen LogP contribution in [-0.4, -0.2) is 63.6 Å². The fourth-order valence-corrected chi connectivity index (χ4v) is 6.28. The third-order valence-electron chi connectivity index (χ3n) is 6.89. The summed E-state index contributed by atoms with van der Waals surface area (Å²) in [6.07, 6.45) is 3.54. The second kappa shape index (κ2) is 10.1. The number of carbonyl (C=O) groups is 2. The van der Waals surface area contributed by atoms with Crippen LogP contribution in [0.25, 0.3) is 0 Å². The lowest BCUT2D eigenvalue weighted by Crippen LogP contribution is -2.47. The van der Waals surface area contributed by atoms with Gasteiger partial charge in [0.1, 0.15) is 5.03 Å². The van der Waals surface area contributed by atoms with Crippen molar-refractivity contribution in [2.45, 2.75) is 24.4 Å². The highest BCUT2D eigenvalue weighted by Gasteiger charge is 2.31. The van der Waals surface area contributed by atoms with Crippen molar-refractivity contribution in [3.8, 4) is 0 Å². The number of likely N-dealkylation sites (tertiary alicyclic amines) is 1. The Bertz CT molecular complexity index is 1380. The van der Waals surface area contributed by atoms with Crippen molar-refractivity contribution < 1.29 is 9.59 Å². The molecule has 4 heterocycles. The SMILES string of the molecule is O=C(CN1CCc2cc(Nc3ncc4c(n3)SCN(c3c(Cl)cccc3Cl)C4=O)ccc2C1)N1CCC1. The highest BCUT2D eigenvalue weighted by atomic mass is 35.5. The van der Waals surface area contributed by atoms with Gasteiger partial charge in [-0.2, -0.15) is 0 Å². The molecule has 3 aliphatic rings. The molecule has 0 aliphatic carbocycles. The summed E-state index contributed by atoms with van der Waals surface area (Å²) in [5, 5.41) is 4.73. The number of rotatable bonds is 5. The van der Waals surface area contributed by atoms with Crippen molar-refractivity contribution >= 4 is 64.1 Å². The molecule has 190 valence electrons. The van der Waals surface area contributed by atoms with Crippen molar-refractivity contribution in [3.63, 3.8) is 0 Å². The Kier molecular flexibility index (Phi) is 6.71. The molecule has 3 aromatic rings. The van der Waals surface area contributed by atoms with Crippen molar-refractivity contribution in [3.05, 3.63) is 69.3 Å². The van der Waals surface area contributed by atoms with Gasteiger partial charge in [-0.15, -0.1) is 0 Å². The number of nitrogens with one attached hydrogen (secondary N) is 1. The van der Waals surface area contributed by atoms with Crippen LogP contribution in [0.2, 0.25) is 10.0 Å². The molecule has 6 rings (SSSR count). The Hall–Kier alpha value is -2.85. The van der Waals surface area contributed by atoms with Crippen LogP contribution < -0.4 is 10.2 Å². The lowest BCUT2D eigenvalue weighted by Gasteiger charge is -2.35. The van der Waals surface area contributed by atoms with E-state index in [1.807, 2.05) is 11.0 Å². The van der Waals surface area contributed by atoms with Crippen LogP contribution in [0.1, 0.15) is 27.9 Å². The third-order valence-corrected chi connectivity index (χ3v) is 8.47. The number of nitrogens with zero attached hydrogens (tertiary/aromatic N) is 5. The van der Waals surface area contributed by atoms with E-state index in [9.17, 15) is 9.59 Å². The van der Waals surface area contributed by atoms with Gasteiger partial charge in [0.2, 0.25) is 11.9 Å². The van der Waals surface area contributed by atoms with E-state index >= 15 is 0 Å². The Labute approximate surface area is 228 Å². The zero-order valence-corrected chi connectivity index (χ0v) is 22.2. The number of para-hydroxylation sites is 1. The van der Waals surface area contributed by atoms with Crippen molar-refractivity contribution in [1.82, 2.24) is 19.8 Å². The average Bonchev–Trinajstić information content (AvgIpc) is 2.84. The van der Waals surface area contributed by atoms with Gasteiger partial charge in [0.15, 0.2) is 0 Å². The van der Waals surface area contributed by atoms with Crippen LogP contribution >= 0.6 is 35.0 Å². The summed E-state index contributed by atoms with van der Waals surface area (Å²) >= 11 is 14.1. The first-order valence-corrected chi connectivity index (χ1v) is 13.8. The molecule has 1 fully saturated rings. The Morgan fingerprint density at radius 1 is 1.08 bits per heavy atom. The van der Waals surface area contributed by atoms with Gasteiger partial charge in [-0.25, -0.2) is 9.97 Å². The molecule has 0 spiro atoms. The van der Waals surface area contributed by atoms with Gasteiger partial charge >= 0.3 is 0 Å². The van der Waals surface area contributed by atoms with Gasteiger partial charge in [-0.1, -0.05) is 47.1 Å². The molecule has 11 heteroatoms. The summed E-state index contributed by atoms with van der Waals surface area (Å²) in [4.78, 5) is 40.2. The first-order chi connectivity index (χ1) is 18.0. The van der Waals surface area contributed by atoms with Gasteiger partial charge < -0.3 is 10.2 Å². The molecule has 37 heavy (non-hydrogen) atoms. The van der Waals surface area contributed by atoms with E-state index in [4.69, 9.17) is 23.2 Å². The predicted octanol–water partition coefficient (Wildman–Crippen LogP) is 4.83. The van der Waals surface area contributed by atoms with Crippen molar-refractivity contribution in [2.24, 2.45) is 0 Å². The lowest BCUT2D eigenvalue weighted by molar-refractivity contribution is -0.136. The number of carbonyl (C=O) groups excluding carboxylic acids is 2. The molecule has 1 aromatic heterocycles. The van der Waals surface area contributed by atoms with E-state index in [1.165, 1.54) is 22.9 Å². The molecule has 1 N–H and O–H groups in total. The molecule has 0 unspecified atom stereocenters. The summed E-state index contributed by atoms with van der Waals surface area (Å²) in [5.41, 5.74) is 4.29. The van der Waals surface area contributed by atoms with Crippen molar-refractivity contribution in [1.29, 1.82) is 0 Å². The lowest BCUT2D eigenvalue weighted by atomic mass is 9.99. The number of amides is 2. The van der Waals surface area contributed by atoms with Gasteiger partial charge in [-0.05, 0) is 48.2 Å². The molecule has 8 nitrogen and oxygen atoms in total. The summed E-state index contributed by atoms with van der Waals surface area (Å²) in [5.74, 6) is 0.774. The quantitative estimate of drug-likeness (QED) is 0.452. The fraction of sp³-hybridized carbons (Fsp3) is 0.308.